The second kappa shape index (κ2) is 5.48. The van der Waals surface area contributed by atoms with E-state index < -0.39 is 6.36 Å². The van der Waals surface area contributed by atoms with Crippen LogP contribution in [0.4, 0.5) is 13.2 Å². The summed E-state index contributed by atoms with van der Waals surface area (Å²) in [6.07, 6.45) is 0.476. The summed E-state index contributed by atoms with van der Waals surface area (Å²) >= 11 is 0. The highest BCUT2D eigenvalue weighted by Gasteiger charge is 2.47. The Kier molecular flexibility index (Phi) is 3.78. The minimum Gasteiger partial charge on any atom is -0.406 e. The molecule has 1 aromatic carbocycles. The smallest absolute Gasteiger partial charge is 0.406 e. The molecule has 1 saturated carbocycles. The van der Waals surface area contributed by atoms with Crippen LogP contribution in [-0.4, -0.2) is 30.8 Å². The summed E-state index contributed by atoms with van der Waals surface area (Å²) in [7, 11) is 0. The molecule has 1 spiro atoms. The molecule has 120 valence electrons. The predicted molar refractivity (Wildman–Crippen MR) is 74.2 cm³/mol. The molecule has 3 rings (SSSR count). The number of hydrogen-bond acceptors (Lipinski definition) is 2. The fraction of sp³-hybridized carbons (Fsp3) is 0.562. The monoisotopic (exact) mass is 313 g/mol. The molecule has 1 unspecified atom stereocenters. The average Bonchev–Trinajstić information content (AvgIpc) is 2.82. The van der Waals surface area contributed by atoms with E-state index in [0.717, 1.165) is 50.7 Å². The number of likely N-dealkylation sites (tertiary alicyclic amines) is 1. The van der Waals surface area contributed by atoms with Crippen molar-refractivity contribution in [1.82, 2.24) is 4.90 Å². The maximum atomic E-state index is 12.1. The first-order valence-corrected chi connectivity index (χ1v) is 7.42. The Morgan fingerprint density at radius 2 is 1.95 bits per heavy atom. The molecule has 22 heavy (non-hydrogen) atoms. The van der Waals surface area contributed by atoms with Crippen molar-refractivity contribution in [1.29, 1.82) is 0 Å². The second-order valence-corrected chi connectivity index (χ2v) is 6.52. The molecule has 1 aliphatic heterocycles. The van der Waals surface area contributed by atoms with Crippen LogP contribution in [-0.2, 0) is 11.2 Å². The quantitative estimate of drug-likeness (QED) is 0.798. The van der Waals surface area contributed by atoms with E-state index in [9.17, 15) is 18.0 Å². The Morgan fingerprint density at radius 1 is 1.27 bits per heavy atom. The van der Waals surface area contributed by atoms with E-state index in [1.807, 2.05) is 0 Å². The number of halogens is 3. The lowest BCUT2D eigenvalue weighted by Crippen LogP contribution is -2.54. The molecule has 1 heterocycles. The van der Waals surface area contributed by atoms with E-state index in [-0.39, 0.29) is 5.75 Å². The third-order valence-electron chi connectivity index (χ3n) is 4.71. The van der Waals surface area contributed by atoms with Gasteiger partial charge in [0.05, 0.1) is 0 Å². The number of alkyl halides is 3. The van der Waals surface area contributed by atoms with Crippen molar-refractivity contribution in [3.63, 3.8) is 0 Å². The van der Waals surface area contributed by atoms with Crippen LogP contribution in [0.25, 0.3) is 0 Å². The number of carbonyl (C=O) groups excluding carboxylic acids is 1. The molecule has 6 heteroatoms. The lowest BCUT2D eigenvalue weighted by molar-refractivity contribution is -0.274. The zero-order chi connectivity index (χ0) is 15.8. The van der Waals surface area contributed by atoms with Crippen molar-refractivity contribution in [3.8, 4) is 5.75 Å². The topological polar surface area (TPSA) is 29.5 Å². The summed E-state index contributed by atoms with van der Waals surface area (Å²) in [6, 6.07) is 6.13. The first-order chi connectivity index (χ1) is 10.4. The van der Waals surface area contributed by atoms with Gasteiger partial charge in [0, 0.05) is 18.5 Å². The summed E-state index contributed by atoms with van der Waals surface area (Å²) in [5.41, 5.74) is 1.33. The Hall–Kier alpha value is -1.72. The highest BCUT2D eigenvalue weighted by atomic mass is 19.4. The molecule has 0 bridgehead atoms. The fourth-order valence-electron chi connectivity index (χ4n) is 3.84. The van der Waals surface area contributed by atoms with E-state index in [2.05, 4.69) is 4.74 Å². The number of amides is 1. The molecular formula is C16H18F3NO2. The minimum atomic E-state index is -4.64. The number of ether oxygens (including phenoxy) is 1. The lowest BCUT2D eigenvalue weighted by atomic mass is 9.77. The van der Waals surface area contributed by atoms with E-state index in [1.165, 1.54) is 12.1 Å². The molecule has 1 atom stereocenters. The largest absolute Gasteiger partial charge is 0.573 e. The number of benzene rings is 1. The summed E-state index contributed by atoms with van der Waals surface area (Å²) in [6.45, 7) is 1.71. The zero-order valence-electron chi connectivity index (χ0n) is 12.1. The van der Waals surface area contributed by atoms with Crippen molar-refractivity contribution in [2.45, 2.75) is 32.0 Å². The summed E-state index contributed by atoms with van der Waals surface area (Å²) in [4.78, 5) is 12.5. The van der Waals surface area contributed by atoms with E-state index in [1.54, 1.807) is 17.0 Å². The van der Waals surface area contributed by atoms with Crippen LogP contribution in [0.2, 0.25) is 0 Å². The van der Waals surface area contributed by atoms with Gasteiger partial charge in [0.1, 0.15) is 5.75 Å². The van der Waals surface area contributed by atoms with Crippen LogP contribution in [0.3, 0.4) is 0 Å². The van der Waals surface area contributed by atoms with Crippen LogP contribution >= 0.6 is 0 Å². The maximum Gasteiger partial charge on any atom is 0.573 e. The van der Waals surface area contributed by atoms with Gasteiger partial charge in [-0.1, -0.05) is 12.1 Å². The molecule has 2 aliphatic rings. The van der Waals surface area contributed by atoms with Gasteiger partial charge in [-0.15, -0.1) is 13.2 Å². The first-order valence-electron chi connectivity index (χ1n) is 7.42. The molecule has 1 saturated heterocycles. The third-order valence-corrected chi connectivity index (χ3v) is 4.71. The fourth-order valence-corrected chi connectivity index (χ4v) is 3.84. The van der Waals surface area contributed by atoms with Gasteiger partial charge in [-0.05, 0) is 49.3 Å². The van der Waals surface area contributed by atoms with Crippen molar-refractivity contribution in [2.24, 2.45) is 11.3 Å². The van der Waals surface area contributed by atoms with Crippen molar-refractivity contribution < 1.29 is 22.7 Å². The van der Waals surface area contributed by atoms with E-state index in [0.29, 0.717) is 11.3 Å². The van der Waals surface area contributed by atoms with E-state index in [4.69, 9.17) is 0 Å². The standard InChI is InChI=1S/C16H18F3NO2/c17-16(18,19)22-14-3-1-12(2-4-14)7-13-5-6-15(8-13)9-20(10-15)11-21/h1-4,11,13H,5-10H2. The van der Waals surface area contributed by atoms with Crippen LogP contribution in [0.15, 0.2) is 24.3 Å². The van der Waals surface area contributed by atoms with Crippen LogP contribution in [0.1, 0.15) is 24.8 Å². The van der Waals surface area contributed by atoms with Gasteiger partial charge in [0.25, 0.3) is 0 Å². The van der Waals surface area contributed by atoms with Gasteiger partial charge in [-0.3, -0.25) is 4.79 Å². The Balaban J connectivity index is 1.53. The first kappa shape index (κ1) is 15.2. The molecule has 3 nitrogen and oxygen atoms in total. The highest BCUT2D eigenvalue weighted by molar-refractivity contribution is 5.49. The number of rotatable bonds is 4. The van der Waals surface area contributed by atoms with Crippen molar-refractivity contribution >= 4 is 6.41 Å². The number of carbonyl (C=O) groups is 1. The molecular weight excluding hydrogens is 295 g/mol. The summed E-state index contributed by atoms with van der Waals surface area (Å²) in [5, 5.41) is 0. The van der Waals surface area contributed by atoms with Crippen LogP contribution < -0.4 is 4.74 Å². The molecule has 2 fully saturated rings. The minimum absolute atomic E-state index is 0.181. The number of hydrogen-bond donors (Lipinski definition) is 0. The van der Waals surface area contributed by atoms with Crippen LogP contribution in [0, 0.1) is 11.3 Å². The molecule has 0 radical (unpaired) electrons. The average molecular weight is 313 g/mol. The van der Waals surface area contributed by atoms with Crippen molar-refractivity contribution in [3.05, 3.63) is 29.8 Å². The lowest BCUT2D eigenvalue weighted by Gasteiger charge is -2.46. The normalized spacial score (nSPS) is 23.4. The Morgan fingerprint density at radius 3 is 2.55 bits per heavy atom. The molecule has 1 aliphatic carbocycles. The summed E-state index contributed by atoms with van der Waals surface area (Å²) in [5.74, 6) is 0.364. The molecule has 0 aromatic heterocycles. The SMILES string of the molecule is O=CN1CC2(CCC(Cc3ccc(OC(F)(F)F)cc3)C2)C1. The maximum absolute atomic E-state index is 12.1. The van der Waals surface area contributed by atoms with Gasteiger partial charge in [0.2, 0.25) is 6.41 Å². The molecule has 1 amide bonds. The van der Waals surface area contributed by atoms with Gasteiger partial charge < -0.3 is 9.64 Å². The number of nitrogens with zero attached hydrogens (tertiary/aromatic N) is 1. The van der Waals surface area contributed by atoms with Gasteiger partial charge in [0.15, 0.2) is 0 Å². The summed E-state index contributed by atoms with van der Waals surface area (Å²) < 4.78 is 40.2. The Bertz CT molecular complexity index is 535. The second-order valence-electron chi connectivity index (χ2n) is 6.52. The van der Waals surface area contributed by atoms with Gasteiger partial charge in [-0.25, -0.2) is 0 Å². The molecule has 0 N–H and O–H groups in total. The van der Waals surface area contributed by atoms with Crippen LogP contribution in [0.5, 0.6) is 5.75 Å². The van der Waals surface area contributed by atoms with E-state index >= 15 is 0 Å². The van der Waals surface area contributed by atoms with Gasteiger partial charge >= 0.3 is 6.36 Å². The molecule has 1 aromatic rings. The third kappa shape index (κ3) is 3.36. The predicted octanol–water partition coefficient (Wildman–Crippen LogP) is 3.39. The zero-order valence-corrected chi connectivity index (χ0v) is 12.1. The van der Waals surface area contributed by atoms with Crippen molar-refractivity contribution in [2.75, 3.05) is 13.1 Å². The van der Waals surface area contributed by atoms with Gasteiger partial charge in [-0.2, -0.15) is 0 Å². The Labute approximate surface area is 127 Å². The highest BCUT2D eigenvalue weighted by Crippen LogP contribution is 2.48.